The third-order valence-electron chi connectivity index (χ3n) is 4.14. The summed E-state index contributed by atoms with van der Waals surface area (Å²) in [5.74, 6) is -3.10. The zero-order chi connectivity index (χ0) is 26.7. The summed E-state index contributed by atoms with van der Waals surface area (Å²) in [6.07, 6.45) is -9.30. The molecule has 0 aliphatic carbocycles. The molecule has 0 bridgehead atoms. The molecule has 0 spiro atoms. The summed E-state index contributed by atoms with van der Waals surface area (Å²) >= 11 is 17.9. The van der Waals surface area contributed by atoms with Gasteiger partial charge < -0.3 is 10.6 Å². The number of carbonyl (C=O) groups is 3. The van der Waals surface area contributed by atoms with Crippen LogP contribution < -0.4 is 10.6 Å². The van der Waals surface area contributed by atoms with Crippen molar-refractivity contribution >= 4 is 69.3 Å². The number of carbonyl (C=O) groups excluding carboxylic acids is 3. The van der Waals surface area contributed by atoms with E-state index in [1.807, 2.05) is 0 Å². The molecule has 0 saturated carbocycles. The number of alkyl halides is 6. The first-order chi connectivity index (χ1) is 16.0. The highest BCUT2D eigenvalue weighted by Gasteiger charge is 2.36. The first kappa shape index (κ1) is 29.0. The van der Waals surface area contributed by atoms with Gasteiger partial charge in [-0.2, -0.15) is 26.3 Å². The molecule has 1 aromatic carbocycles. The van der Waals surface area contributed by atoms with E-state index in [-0.39, 0.29) is 30.4 Å². The van der Waals surface area contributed by atoms with Gasteiger partial charge >= 0.3 is 12.4 Å². The highest BCUT2D eigenvalue weighted by atomic mass is 35.5. The van der Waals surface area contributed by atoms with Crippen LogP contribution in [0.25, 0.3) is 5.57 Å². The SMILES string of the molecule is Cc1cc(C(=O)/C=C(/c2cc(Cl)c(Cl)c(Cl)c2)C(F)(F)F)sc1C(=O)NCC(=O)NCC(F)(F)F. The number of aryl methyl sites for hydroxylation is 1. The van der Waals surface area contributed by atoms with Gasteiger partial charge in [-0.25, -0.2) is 0 Å². The van der Waals surface area contributed by atoms with Crippen LogP contribution >= 0.6 is 46.1 Å². The van der Waals surface area contributed by atoms with Gasteiger partial charge in [-0.1, -0.05) is 34.8 Å². The van der Waals surface area contributed by atoms with Crippen molar-refractivity contribution in [1.29, 1.82) is 0 Å². The van der Waals surface area contributed by atoms with E-state index in [2.05, 4.69) is 5.32 Å². The van der Waals surface area contributed by atoms with Crippen LogP contribution in [0, 0.1) is 6.92 Å². The Morgan fingerprint density at radius 2 is 1.54 bits per heavy atom. The Morgan fingerprint density at radius 1 is 0.971 bits per heavy atom. The number of allylic oxidation sites excluding steroid dienone is 2. The number of thiophene rings is 1. The van der Waals surface area contributed by atoms with Crippen LogP contribution in [0.2, 0.25) is 15.1 Å². The summed E-state index contributed by atoms with van der Waals surface area (Å²) in [4.78, 5) is 35.9. The van der Waals surface area contributed by atoms with Gasteiger partial charge in [-0.3, -0.25) is 14.4 Å². The van der Waals surface area contributed by atoms with E-state index < -0.39 is 54.2 Å². The largest absolute Gasteiger partial charge is 0.417 e. The van der Waals surface area contributed by atoms with E-state index in [4.69, 9.17) is 34.8 Å². The quantitative estimate of drug-likeness (QED) is 0.176. The molecule has 1 aromatic heterocycles. The normalized spacial score (nSPS) is 12.5. The minimum absolute atomic E-state index is 0.114. The van der Waals surface area contributed by atoms with Crippen LogP contribution in [0.5, 0.6) is 0 Å². The lowest BCUT2D eigenvalue weighted by Crippen LogP contribution is -2.40. The summed E-state index contributed by atoms with van der Waals surface area (Å²) in [5.41, 5.74) is -1.67. The number of ketones is 1. The predicted molar refractivity (Wildman–Crippen MR) is 120 cm³/mol. The van der Waals surface area contributed by atoms with Crippen LogP contribution in [0.3, 0.4) is 0 Å². The molecule has 0 aliphatic rings. The molecule has 0 unspecified atom stereocenters. The topological polar surface area (TPSA) is 75.3 Å². The molecule has 0 saturated heterocycles. The van der Waals surface area contributed by atoms with Crippen molar-refractivity contribution in [3.63, 3.8) is 0 Å². The van der Waals surface area contributed by atoms with Gasteiger partial charge in [0.1, 0.15) is 6.54 Å². The first-order valence-electron chi connectivity index (χ1n) is 9.20. The van der Waals surface area contributed by atoms with Crippen molar-refractivity contribution in [2.75, 3.05) is 13.1 Å². The van der Waals surface area contributed by atoms with Crippen LogP contribution in [-0.2, 0) is 4.79 Å². The summed E-state index contributed by atoms with van der Waals surface area (Å²) < 4.78 is 77.3. The minimum Gasteiger partial charge on any atom is -0.345 e. The molecule has 0 fully saturated rings. The maximum Gasteiger partial charge on any atom is 0.417 e. The highest BCUT2D eigenvalue weighted by Crippen LogP contribution is 2.39. The van der Waals surface area contributed by atoms with E-state index in [0.717, 1.165) is 18.2 Å². The monoisotopic (exact) mass is 580 g/mol. The lowest BCUT2D eigenvalue weighted by atomic mass is 10.0. The van der Waals surface area contributed by atoms with Gasteiger partial charge in [0.2, 0.25) is 5.91 Å². The average Bonchev–Trinajstić information content (AvgIpc) is 3.12. The number of amides is 2. The maximum absolute atomic E-state index is 13.7. The number of hydrogen-bond acceptors (Lipinski definition) is 4. The second-order valence-electron chi connectivity index (χ2n) is 6.87. The number of benzene rings is 1. The molecule has 2 N–H and O–H groups in total. The standard InChI is InChI=1S/C20H13Cl3F6N2O3S/c1-8-2-14(35-17(8)18(34)30-6-15(33)31-7-19(24,25)26)13(32)5-10(20(27,28)29)9-3-11(21)16(23)12(22)4-9/h2-5H,6-7H2,1H3,(H,30,34)(H,31,33)/b10-5-. The molecular formula is C20H13Cl3F6N2O3S. The van der Waals surface area contributed by atoms with Gasteiger partial charge in [0.05, 0.1) is 36.9 Å². The molecule has 2 rings (SSSR count). The molecule has 2 aromatic rings. The van der Waals surface area contributed by atoms with Crippen molar-refractivity contribution in [2.45, 2.75) is 19.3 Å². The molecule has 1 heterocycles. The van der Waals surface area contributed by atoms with Gasteiger partial charge in [0, 0.05) is 0 Å². The second-order valence-corrected chi connectivity index (χ2v) is 9.12. The third kappa shape index (κ3) is 8.13. The van der Waals surface area contributed by atoms with Crippen molar-refractivity contribution < 1.29 is 40.7 Å². The molecule has 35 heavy (non-hydrogen) atoms. The fraction of sp³-hybridized carbons (Fsp3) is 0.250. The lowest BCUT2D eigenvalue weighted by Gasteiger charge is -2.13. The Balaban J connectivity index is 2.25. The molecule has 190 valence electrons. The Labute approximate surface area is 213 Å². The molecule has 0 radical (unpaired) electrons. The second kappa shape index (κ2) is 11.2. The molecule has 5 nitrogen and oxygen atoms in total. The summed E-state index contributed by atoms with van der Waals surface area (Å²) in [5, 5.41) is 2.95. The van der Waals surface area contributed by atoms with Gasteiger partial charge in [-0.15, -0.1) is 11.3 Å². The van der Waals surface area contributed by atoms with E-state index in [9.17, 15) is 40.7 Å². The highest BCUT2D eigenvalue weighted by molar-refractivity contribution is 7.16. The van der Waals surface area contributed by atoms with Crippen molar-refractivity contribution in [2.24, 2.45) is 0 Å². The van der Waals surface area contributed by atoms with Crippen molar-refractivity contribution in [1.82, 2.24) is 10.6 Å². The maximum atomic E-state index is 13.7. The van der Waals surface area contributed by atoms with Crippen LogP contribution in [0.15, 0.2) is 24.3 Å². The van der Waals surface area contributed by atoms with Crippen LogP contribution in [0.1, 0.15) is 30.5 Å². The van der Waals surface area contributed by atoms with E-state index in [1.54, 1.807) is 5.32 Å². The van der Waals surface area contributed by atoms with Crippen molar-refractivity contribution in [3.05, 3.63) is 60.2 Å². The van der Waals surface area contributed by atoms with E-state index >= 15 is 0 Å². The first-order valence-corrected chi connectivity index (χ1v) is 11.1. The fourth-order valence-electron chi connectivity index (χ4n) is 2.57. The summed E-state index contributed by atoms with van der Waals surface area (Å²) in [6, 6.07) is 2.95. The fourth-order valence-corrected chi connectivity index (χ4v) is 4.17. The Kier molecular flexibility index (Phi) is 9.26. The molecule has 0 aliphatic heterocycles. The molecule has 15 heteroatoms. The van der Waals surface area contributed by atoms with Gasteiger partial charge in [-0.05, 0) is 42.3 Å². The predicted octanol–water partition coefficient (Wildman–Crippen LogP) is 6.25. The van der Waals surface area contributed by atoms with Crippen LogP contribution in [-0.4, -0.2) is 43.0 Å². The van der Waals surface area contributed by atoms with Crippen LogP contribution in [0.4, 0.5) is 26.3 Å². The summed E-state index contributed by atoms with van der Waals surface area (Å²) in [6.45, 7) is -0.985. The number of rotatable bonds is 7. The van der Waals surface area contributed by atoms with E-state index in [1.165, 1.54) is 6.92 Å². The third-order valence-corrected chi connectivity index (χ3v) is 6.59. The Bertz CT molecular complexity index is 1170. The van der Waals surface area contributed by atoms with Gasteiger partial charge in [0.15, 0.2) is 5.78 Å². The van der Waals surface area contributed by atoms with Crippen molar-refractivity contribution in [3.8, 4) is 0 Å². The number of halogens is 9. The minimum atomic E-state index is -4.98. The lowest BCUT2D eigenvalue weighted by molar-refractivity contribution is -0.137. The molecular weight excluding hydrogens is 569 g/mol. The zero-order valence-electron chi connectivity index (χ0n) is 17.3. The Morgan fingerprint density at radius 3 is 2.06 bits per heavy atom. The summed E-state index contributed by atoms with van der Waals surface area (Å²) in [7, 11) is 0. The van der Waals surface area contributed by atoms with Gasteiger partial charge in [0.25, 0.3) is 5.91 Å². The zero-order valence-corrected chi connectivity index (χ0v) is 20.3. The molecule has 2 amide bonds. The number of hydrogen-bond donors (Lipinski definition) is 2. The van der Waals surface area contributed by atoms with E-state index in [0.29, 0.717) is 17.4 Å². The average molecular weight is 582 g/mol. The number of nitrogens with one attached hydrogen (secondary N) is 2. The molecule has 0 atom stereocenters. The Hall–Kier alpha value is -2.28. The smallest absolute Gasteiger partial charge is 0.345 e.